The number of aromatic nitrogens is 2. The van der Waals surface area contributed by atoms with Crippen LogP contribution in [0, 0.1) is 0 Å². The Hall–Kier alpha value is -4.54. The van der Waals surface area contributed by atoms with Crippen LogP contribution in [-0.2, 0) is 22.6 Å². The van der Waals surface area contributed by atoms with E-state index >= 15 is 0 Å². The van der Waals surface area contributed by atoms with Crippen molar-refractivity contribution in [1.82, 2.24) is 14.9 Å². The number of para-hydroxylation sites is 1. The minimum Gasteiger partial charge on any atom is -0.496 e. The van der Waals surface area contributed by atoms with Crippen LogP contribution in [0.5, 0.6) is 17.2 Å². The van der Waals surface area contributed by atoms with Crippen LogP contribution in [0.25, 0.3) is 0 Å². The fraction of sp³-hybridized carbons (Fsp3) is 0.308. The Morgan fingerprint density at radius 3 is 2.62 bits per heavy atom. The highest BCUT2D eigenvalue weighted by Crippen LogP contribution is 2.39. The van der Waals surface area contributed by atoms with Gasteiger partial charge in [0, 0.05) is 23.9 Å². The molecule has 11 heteroatoms. The number of hydrogen-bond acceptors (Lipinski definition) is 8. The van der Waals surface area contributed by atoms with E-state index in [4.69, 9.17) is 18.9 Å². The molecule has 3 heterocycles. The van der Waals surface area contributed by atoms with E-state index < -0.39 is 23.3 Å². The van der Waals surface area contributed by atoms with Gasteiger partial charge in [0.2, 0.25) is 5.91 Å². The molecule has 0 unspecified atom stereocenters. The number of esters is 1. The summed E-state index contributed by atoms with van der Waals surface area (Å²) in [5.41, 5.74) is -0.272. The zero-order chi connectivity index (χ0) is 26.2. The molecule has 192 valence electrons. The van der Waals surface area contributed by atoms with Crippen molar-refractivity contribution in [3.8, 4) is 17.2 Å². The van der Waals surface area contributed by atoms with Crippen LogP contribution in [0.3, 0.4) is 0 Å². The Bertz CT molecular complexity index is 1380. The molecule has 1 N–H and O–H groups in total. The molecule has 5 rings (SSSR count). The van der Waals surface area contributed by atoms with Crippen molar-refractivity contribution >= 4 is 23.5 Å². The lowest BCUT2D eigenvalue weighted by atomic mass is 9.93. The Morgan fingerprint density at radius 1 is 1.11 bits per heavy atom. The van der Waals surface area contributed by atoms with Crippen LogP contribution < -0.4 is 24.4 Å². The molecule has 2 amide bonds. The van der Waals surface area contributed by atoms with Crippen molar-refractivity contribution < 1.29 is 33.3 Å². The number of ether oxygens (including phenoxy) is 4. The number of amides is 2. The maximum atomic E-state index is 14.0. The molecule has 2 aromatic carbocycles. The maximum absolute atomic E-state index is 14.0. The number of imidazole rings is 1. The number of carbonyl (C=O) groups excluding carboxylic acids is 3. The van der Waals surface area contributed by atoms with Gasteiger partial charge in [0.15, 0.2) is 17.2 Å². The van der Waals surface area contributed by atoms with Crippen molar-refractivity contribution in [2.24, 2.45) is 0 Å². The molecule has 0 saturated carbocycles. The molecule has 11 nitrogen and oxygen atoms in total. The van der Waals surface area contributed by atoms with Crippen molar-refractivity contribution in [2.75, 3.05) is 32.3 Å². The number of methoxy groups -OCH3 is 2. The summed E-state index contributed by atoms with van der Waals surface area (Å²) >= 11 is 0. The first-order valence-electron chi connectivity index (χ1n) is 11.6. The summed E-state index contributed by atoms with van der Waals surface area (Å²) in [6.45, 7) is 2.68. The van der Waals surface area contributed by atoms with Crippen LogP contribution in [0.4, 0.5) is 5.69 Å². The lowest BCUT2D eigenvalue weighted by Gasteiger charge is -2.43. The van der Waals surface area contributed by atoms with Gasteiger partial charge in [-0.25, -0.2) is 9.78 Å². The molecule has 1 atom stereocenters. The van der Waals surface area contributed by atoms with E-state index in [2.05, 4.69) is 10.3 Å². The zero-order valence-corrected chi connectivity index (χ0v) is 20.6. The summed E-state index contributed by atoms with van der Waals surface area (Å²) in [4.78, 5) is 45.6. The van der Waals surface area contributed by atoms with Crippen LogP contribution in [-0.4, -0.2) is 60.3 Å². The quantitative estimate of drug-likeness (QED) is 0.505. The second kappa shape index (κ2) is 9.49. The number of nitrogens with zero attached hydrogens (tertiary/aromatic N) is 3. The molecule has 0 fully saturated rings. The first-order valence-corrected chi connectivity index (χ1v) is 11.6. The number of anilines is 1. The molecular formula is C26H26N4O7. The van der Waals surface area contributed by atoms with Crippen LogP contribution in [0.15, 0.2) is 48.8 Å². The van der Waals surface area contributed by atoms with Gasteiger partial charge in [-0.05, 0) is 25.1 Å². The molecule has 3 aromatic rings. The van der Waals surface area contributed by atoms with Crippen molar-refractivity contribution in [3.63, 3.8) is 0 Å². The highest BCUT2D eigenvalue weighted by Gasteiger charge is 2.50. The Morgan fingerprint density at radius 2 is 1.86 bits per heavy atom. The van der Waals surface area contributed by atoms with Gasteiger partial charge in [-0.1, -0.05) is 18.2 Å². The van der Waals surface area contributed by atoms with E-state index in [0.29, 0.717) is 36.1 Å². The lowest BCUT2D eigenvalue weighted by molar-refractivity contribution is -0.126. The Labute approximate surface area is 212 Å². The monoisotopic (exact) mass is 506 g/mol. The van der Waals surface area contributed by atoms with Crippen molar-refractivity contribution in [1.29, 1.82) is 0 Å². The van der Waals surface area contributed by atoms with Gasteiger partial charge in [-0.15, -0.1) is 0 Å². The number of hydrogen-bond donors (Lipinski definition) is 1. The van der Waals surface area contributed by atoms with E-state index in [1.807, 2.05) is 18.2 Å². The lowest BCUT2D eigenvalue weighted by Crippen LogP contribution is -2.64. The molecule has 37 heavy (non-hydrogen) atoms. The van der Waals surface area contributed by atoms with E-state index in [9.17, 15) is 14.4 Å². The average Bonchev–Trinajstić information content (AvgIpc) is 3.35. The van der Waals surface area contributed by atoms with Crippen LogP contribution in [0.2, 0.25) is 0 Å². The molecule has 2 aliphatic rings. The second-order valence-electron chi connectivity index (χ2n) is 8.80. The zero-order valence-electron chi connectivity index (χ0n) is 20.6. The third-order valence-corrected chi connectivity index (χ3v) is 6.50. The largest absolute Gasteiger partial charge is 0.496 e. The average molecular weight is 507 g/mol. The number of nitrogens with one attached hydrogen (secondary N) is 1. The summed E-state index contributed by atoms with van der Waals surface area (Å²) in [5, 5.41) is 2.94. The summed E-state index contributed by atoms with van der Waals surface area (Å²) in [7, 11) is 2.78. The Kier molecular flexibility index (Phi) is 6.20. The van der Waals surface area contributed by atoms with Gasteiger partial charge < -0.3 is 28.8 Å². The van der Waals surface area contributed by atoms with Crippen molar-refractivity contribution in [2.45, 2.75) is 25.6 Å². The van der Waals surface area contributed by atoms with E-state index in [1.54, 1.807) is 38.3 Å². The van der Waals surface area contributed by atoms with Gasteiger partial charge >= 0.3 is 5.97 Å². The summed E-state index contributed by atoms with van der Waals surface area (Å²) in [6, 6.07) is 12.4. The predicted molar refractivity (Wildman–Crippen MR) is 131 cm³/mol. The van der Waals surface area contributed by atoms with Gasteiger partial charge in [0.05, 0.1) is 27.1 Å². The first kappa shape index (κ1) is 24.2. The molecule has 0 spiro atoms. The highest BCUT2D eigenvalue weighted by molar-refractivity contribution is 6.15. The first-order chi connectivity index (χ1) is 17.9. The van der Waals surface area contributed by atoms with Gasteiger partial charge in [0.25, 0.3) is 5.91 Å². The SMILES string of the molecule is COC(=O)c1ncn2c1C(=O)N(c1ccc3c(c1)OCCO3)[C@@](C)(C(=O)NCc1ccccc1OC)C2. The minimum atomic E-state index is -1.38. The fourth-order valence-corrected chi connectivity index (χ4v) is 4.67. The third-order valence-electron chi connectivity index (χ3n) is 6.50. The standard InChI is InChI=1S/C26H26N4O7/c1-26(25(33)27-13-16-6-4-5-7-18(16)34-2)14-29-15-28-21(24(32)35-3)22(29)23(31)30(26)17-8-9-19-20(12-17)37-11-10-36-19/h4-9,12,15H,10-11,13-14H2,1-3H3,(H,27,33)/t26-/m1/s1. The van der Waals surface area contributed by atoms with E-state index in [1.165, 1.54) is 22.9 Å². The summed E-state index contributed by atoms with van der Waals surface area (Å²) in [5.74, 6) is -0.0801. The number of fused-ring (bicyclic) bond motifs is 2. The molecular weight excluding hydrogens is 480 g/mol. The molecule has 2 aliphatic heterocycles. The second-order valence-corrected chi connectivity index (χ2v) is 8.80. The van der Waals surface area contributed by atoms with Crippen LogP contribution >= 0.6 is 0 Å². The predicted octanol–water partition coefficient (Wildman–Crippen LogP) is 2.18. The number of rotatable bonds is 6. The molecule has 1 aromatic heterocycles. The van der Waals surface area contributed by atoms with Gasteiger partial charge in [-0.2, -0.15) is 0 Å². The maximum Gasteiger partial charge on any atom is 0.359 e. The van der Waals surface area contributed by atoms with E-state index in [-0.39, 0.29) is 24.5 Å². The number of benzene rings is 2. The summed E-state index contributed by atoms with van der Waals surface area (Å²) < 4.78 is 23.0. The van der Waals surface area contributed by atoms with Gasteiger partial charge in [0.1, 0.15) is 30.2 Å². The fourth-order valence-electron chi connectivity index (χ4n) is 4.67. The van der Waals surface area contributed by atoms with E-state index in [0.717, 1.165) is 5.56 Å². The summed E-state index contributed by atoms with van der Waals surface area (Å²) in [6.07, 6.45) is 1.37. The Balaban J connectivity index is 1.55. The topological polar surface area (TPSA) is 121 Å². The molecule has 0 radical (unpaired) electrons. The molecule has 0 saturated heterocycles. The normalized spacial score (nSPS) is 18.1. The van der Waals surface area contributed by atoms with Gasteiger partial charge in [-0.3, -0.25) is 14.5 Å². The molecule has 0 bridgehead atoms. The smallest absolute Gasteiger partial charge is 0.359 e. The van der Waals surface area contributed by atoms with Crippen LogP contribution in [0.1, 0.15) is 33.5 Å². The highest BCUT2D eigenvalue weighted by atomic mass is 16.6. The molecule has 0 aliphatic carbocycles. The van der Waals surface area contributed by atoms with Crippen molar-refractivity contribution in [3.05, 3.63) is 65.7 Å². The number of carbonyl (C=O) groups is 3. The third kappa shape index (κ3) is 4.11. The minimum absolute atomic E-state index is 0.0387.